The molecular formula is C16H25ClN2O4S. The van der Waals surface area contributed by atoms with Gasteiger partial charge in [0.05, 0.1) is 6.54 Å². The summed E-state index contributed by atoms with van der Waals surface area (Å²) in [5.74, 6) is 0.304. The van der Waals surface area contributed by atoms with Crippen LogP contribution in [0.3, 0.4) is 0 Å². The van der Waals surface area contributed by atoms with Crippen LogP contribution in [0.1, 0.15) is 18.4 Å². The van der Waals surface area contributed by atoms with Crippen LogP contribution in [0.4, 0.5) is 0 Å². The Kier molecular flexibility index (Phi) is 7.51. The molecule has 0 radical (unpaired) electrons. The van der Waals surface area contributed by atoms with Crippen molar-refractivity contribution in [1.82, 2.24) is 10.6 Å². The summed E-state index contributed by atoms with van der Waals surface area (Å²) in [6.45, 7) is 3.62. The molecule has 136 valence electrons. The molecule has 0 bridgehead atoms. The molecule has 0 saturated carbocycles. The number of hydrogen-bond donors (Lipinski definition) is 2. The third-order valence-electron chi connectivity index (χ3n) is 4.21. The molecule has 2 rings (SSSR count). The summed E-state index contributed by atoms with van der Waals surface area (Å²) in [4.78, 5) is 12.4. The number of ether oxygens (including phenoxy) is 1. The van der Waals surface area contributed by atoms with E-state index in [9.17, 15) is 13.2 Å². The van der Waals surface area contributed by atoms with Crippen LogP contribution in [-0.4, -0.2) is 51.6 Å². The van der Waals surface area contributed by atoms with E-state index in [1.807, 2.05) is 31.2 Å². The maximum absolute atomic E-state index is 12.4. The average Bonchev–Trinajstić information content (AvgIpc) is 2.52. The second kappa shape index (κ2) is 8.69. The average molecular weight is 377 g/mol. The van der Waals surface area contributed by atoms with Gasteiger partial charge in [-0.2, -0.15) is 0 Å². The number of aryl methyl sites for hydroxylation is 1. The summed E-state index contributed by atoms with van der Waals surface area (Å²) in [6, 6.07) is 7.62. The second-order valence-corrected chi connectivity index (χ2v) is 8.26. The number of halogens is 1. The molecule has 1 heterocycles. The Bertz CT molecular complexity index is 641. The fourth-order valence-corrected chi connectivity index (χ4v) is 4.08. The zero-order chi connectivity index (χ0) is 16.9. The molecule has 0 spiro atoms. The predicted molar refractivity (Wildman–Crippen MR) is 96.6 cm³/mol. The summed E-state index contributed by atoms with van der Waals surface area (Å²) in [5, 5.41) is 5.80. The standard InChI is InChI=1S/C16H24N2O4S.ClH/c1-13-3-5-14(6-4-13)22-12-11-18-15(19)16(23(2,20)21)7-9-17-10-8-16;/h3-6,17H,7-12H2,1-2H3,(H,18,19);1H. The van der Waals surface area contributed by atoms with E-state index in [-0.39, 0.29) is 19.0 Å². The first-order valence-corrected chi connectivity index (χ1v) is 9.62. The first-order chi connectivity index (χ1) is 10.8. The van der Waals surface area contributed by atoms with Crippen molar-refractivity contribution in [1.29, 1.82) is 0 Å². The number of hydrogen-bond acceptors (Lipinski definition) is 5. The van der Waals surface area contributed by atoms with Crippen LogP contribution in [-0.2, 0) is 14.6 Å². The smallest absolute Gasteiger partial charge is 0.241 e. The first-order valence-electron chi connectivity index (χ1n) is 7.73. The highest BCUT2D eigenvalue weighted by atomic mass is 35.5. The van der Waals surface area contributed by atoms with Crippen LogP contribution in [0, 0.1) is 6.92 Å². The highest BCUT2D eigenvalue weighted by Crippen LogP contribution is 2.27. The van der Waals surface area contributed by atoms with Crippen LogP contribution in [0.25, 0.3) is 0 Å². The van der Waals surface area contributed by atoms with Gasteiger partial charge in [0.25, 0.3) is 0 Å². The molecule has 1 aromatic rings. The third kappa shape index (κ3) is 4.84. The number of carbonyl (C=O) groups is 1. The van der Waals surface area contributed by atoms with Gasteiger partial charge in [-0.25, -0.2) is 8.42 Å². The van der Waals surface area contributed by atoms with E-state index in [1.165, 1.54) is 0 Å². The quantitative estimate of drug-likeness (QED) is 0.726. The van der Waals surface area contributed by atoms with Gasteiger partial charge >= 0.3 is 0 Å². The van der Waals surface area contributed by atoms with Gasteiger partial charge in [0.15, 0.2) is 14.6 Å². The fourth-order valence-electron chi connectivity index (χ4n) is 2.73. The zero-order valence-electron chi connectivity index (χ0n) is 14.0. The monoisotopic (exact) mass is 376 g/mol. The molecule has 2 N–H and O–H groups in total. The van der Waals surface area contributed by atoms with Gasteiger partial charge in [0, 0.05) is 6.26 Å². The topological polar surface area (TPSA) is 84.5 Å². The van der Waals surface area contributed by atoms with E-state index < -0.39 is 20.5 Å². The van der Waals surface area contributed by atoms with Crippen LogP contribution in [0.15, 0.2) is 24.3 Å². The second-order valence-electron chi connectivity index (χ2n) is 5.93. The van der Waals surface area contributed by atoms with Gasteiger partial charge in [0.1, 0.15) is 12.4 Å². The Hall–Kier alpha value is -1.31. The normalized spacial score (nSPS) is 16.8. The summed E-state index contributed by atoms with van der Waals surface area (Å²) < 4.78 is 28.5. The van der Waals surface area contributed by atoms with Gasteiger partial charge in [-0.1, -0.05) is 17.7 Å². The number of rotatable bonds is 6. The minimum atomic E-state index is -3.47. The molecule has 1 aromatic carbocycles. The number of nitrogens with one attached hydrogen (secondary N) is 2. The van der Waals surface area contributed by atoms with E-state index in [4.69, 9.17) is 4.74 Å². The lowest BCUT2D eigenvalue weighted by atomic mass is 9.96. The van der Waals surface area contributed by atoms with Gasteiger partial charge in [0.2, 0.25) is 5.91 Å². The fraction of sp³-hybridized carbons (Fsp3) is 0.562. The van der Waals surface area contributed by atoms with Crippen molar-refractivity contribution in [3.8, 4) is 5.75 Å². The van der Waals surface area contributed by atoms with Crippen molar-refractivity contribution < 1.29 is 17.9 Å². The molecule has 1 aliphatic heterocycles. The Balaban J connectivity index is 0.00000288. The maximum atomic E-state index is 12.4. The molecule has 24 heavy (non-hydrogen) atoms. The van der Waals surface area contributed by atoms with Crippen molar-refractivity contribution >= 4 is 28.2 Å². The molecule has 0 unspecified atom stereocenters. The highest BCUT2D eigenvalue weighted by Gasteiger charge is 2.48. The first kappa shape index (κ1) is 20.7. The molecule has 6 nitrogen and oxygen atoms in total. The van der Waals surface area contributed by atoms with Gasteiger partial charge in [-0.3, -0.25) is 4.79 Å². The van der Waals surface area contributed by atoms with Crippen molar-refractivity contribution in [3.05, 3.63) is 29.8 Å². The Morgan fingerprint density at radius 2 is 1.83 bits per heavy atom. The van der Waals surface area contributed by atoms with Crippen molar-refractivity contribution in [2.75, 3.05) is 32.5 Å². The molecule has 8 heteroatoms. The van der Waals surface area contributed by atoms with Crippen LogP contribution in [0.2, 0.25) is 0 Å². The molecule has 1 fully saturated rings. The van der Waals surface area contributed by atoms with Crippen molar-refractivity contribution in [2.24, 2.45) is 0 Å². The molecular weight excluding hydrogens is 352 g/mol. The van der Waals surface area contributed by atoms with Gasteiger partial charge in [-0.05, 0) is 45.0 Å². The van der Waals surface area contributed by atoms with Crippen molar-refractivity contribution in [2.45, 2.75) is 24.5 Å². The Morgan fingerprint density at radius 1 is 1.25 bits per heavy atom. The van der Waals surface area contributed by atoms with Crippen molar-refractivity contribution in [3.63, 3.8) is 0 Å². The maximum Gasteiger partial charge on any atom is 0.241 e. The number of carbonyl (C=O) groups excluding carboxylic acids is 1. The number of benzene rings is 1. The molecule has 1 aliphatic rings. The number of sulfone groups is 1. The molecule has 0 aromatic heterocycles. The predicted octanol–water partition coefficient (Wildman–Crippen LogP) is 1.08. The lowest BCUT2D eigenvalue weighted by Gasteiger charge is -2.34. The van der Waals surface area contributed by atoms with E-state index in [2.05, 4.69) is 10.6 Å². The summed E-state index contributed by atoms with van der Waals surface area (Å²) in [7, 11) is -3.47. The number of amides is 1. The summed E-state index contributed by atoms with van der Waals surface area (Å²) >= 11 is 0. The van der Waals surface area contributed by atoms with Gasteiger partial charge < -0.3 is 15.4 Å². The lowest BCUT2D eigenvalue weighted by molar-refractivity contribution is -0.124. The van der Waals surface area contributed by atoms with E-state index in [0.29, 0.717) is 32.5 Å². The minimum absolute atomic E-state index is 0. The molecule has 0 aliphatic carbocycles. The van der Waals surface area contributed by atoms with E-state index >= 15 is 0 Å². The minimum Gasteiger partial charge on any atom is -0.492 e. The SMILES string of the molecule is Cc1ccc(OCCNC(=O)C2(S(C)(=O)=O)CCNCC2)cc1.Cl. The Labute approximate surface area is 149 Å². The van der Waals surface area contributed by atoms with Crippen LogP contribution < -0.4 is 15.4 Å². The Morgan fingerprint density at radius 3 is 2.38 bits per heavy atom. The van der Waals surface area contributed by atoms with E-state index in [0.717, 1.165) is 17.6 Å². The summed E-state index contributed by atoms with van der Waals surface area (Å²) in [6.07, 6.45) is 1.74. The third-order valence-corrected chi connectivity index (χ3v) is 6.23. The van der Waals surface area contributed by atoms with E-state index in [1.54, 1.807) is 0 Å². The largest absolute Gasteiger partial charge is 0.492 e. The molecule has 1 amide bonds. The lowest BCUT2D eigenvalue weighted by Crippen LogP contribution is -2.57. The summed E-state index contributed by atoms with van der Waals surface area (Å²) in [5.41, 5.74) is 1.15. The van der Waals surface area contributed by atoms with Crippen LogP contribution in [0.5, 0.6) is 5.75 Å². The number of piperidine rings is 1. The van der Waals surface area contributed by atoms with Gasteiger partial charge in [-0.15, -0.1) is 12.4 Å². The van der Waals surface area contributed by atoms with Crippen LogP contribution >= 0.6 is 12.4 Å². The molecule has 0 atom stereocenters. The highest BCUT2D eigenvalue weighted by molar-refractivity contribution is 7.92. The zero-order valence-corrected chi connectivity index (χ0v) is 15.6. The molecule has 1 saturated heterocycles.